The van der Waals surface area contributed by atoms with Crippen LogP contribution in [0.25, 0.3) is 0 Å². The molecule has 0 amide bonds. The summed E-state index contributed by atoms with van der Waals surface area (Å²) in [6.45, 7) is 1.88. The van der Waals surface area contributed by atoms with Crippen LogP contribution in [0.5, 0.6) is 0 Å². The number of hydrogen-bond donors (Lipinski definition) is 0. The lowest BCUT2D eigenvalue weighted by atomic mass is 10.5. The standard InChI is InChI=1S/C3H5BOS/c1-2-3(6)5-4/h2H2,1H3. The summed E-state index contributed by atoms with van der Waals surface area (Å²) >= 11 is 4.51. The predicted molar refractivity (Wildman–Crippen MR) is 29.7 cm³/mol. The van der Waals surface area contributed by atoms with Crippen molar-refractivity contribution in [3.63, 3.8) is 0 Å². The van der Waals surface area contributed by atoms with Crippen LogP contribution in [0.1, 0.15) is 13.3 Å². The third kappa shape index (κ3) is 2.21. The van der Waals surface area contributed by atoms with Gasteiger partial charge in [-0.25, -0.2) is 0 Å². The lowest BCUT2D eigenvalue weighted by Crippen LogP contribution is -1.93. The SMILES string of the molecule is [B]OC(=S)CC. The van der Waals surface area contributed by atoms with E-state index in [4.69, 9.17) is 0 Å². The van der Waals surface area contributed by atoms with Crippen LogP contribution in [0.2, 0.25) is 0 Å². The lowest BCUT2D eigenvalue weighted by Gasteiger charge is -1.92. The molecule has 0 unspecified atom stereocenters. The zero-order valence-corrected chi connectivity index (χ0v) is 4.42. The van der Waals surface area contributed by atoms with E-state index in [1.54, 1.807) is 0 Å². The summed E-state index contributed by atoms with van der Waals surface area (Å²) in [6.07, 6.45) is 0.714. The van der Waals surface area contributed by atoms with Crippen molar-refractivity contribution in [3.05, 3.63) is 0 Å². The molecule has 0 aliphatic heterocycles. The Bertz CT molecular complexity index is 48.8. The smallest absolute Gasteiger partial charge is 0.374 e. The molecular weight excluding hydrogens is 94.9 g/mol. The Morgan fingerprint density at radius 2 is 2.50 bits per heavy atom. The average Bonchev–Trinajstić information content (AvgIpc) is 1.65. The van der Waals surface area contributed by atoms with Crippen molar-refractivity contribution < 1.29 is 4.65 Å². The maximum absolute atomic E-state index is 4.64. The van der Waals surface area contributed by atoms with Crippen molar-refractivity contribution in [2.24, 2.45) is 0 Å². The van der Waals surface area contributed by atoms with Crippen LogP contribution in [0, 0.1) is 0 Å². The van der Waals surface area contributed by atoms with Gasteiger partial charge in [-0.15, -0.1) is 0 Å². The van der Waals surface area contributed by atoms with Gasteiger partial charge in [0.25, 0.3) is 0 Å². The second-order valence-corrected chi connectivity index (χ2v) is 1.30. The molecule has 0 heterocycles. The van der Waals surface area contributed by atoms with Gasteiger partial charge >= 0.3 is 8.05 Å². The second kappa shape index (κ2) is 3.16. The molecule has 0 rings (SSSR count). The summed E-state index contributed by atoms with van der Waals surface area (Å²) in [5, 5.41) is 0.454. The molecule has 0 fully saturated rings. The highest BCUT2D eigenvalue weighted by Crippen LogP contribution is 1.81. The normalized spacial score (nSPS) is 7.50. The molecule has 0 saturated carbocycles. The minimum absolute atomic E-state index is 0.454. The molecule has 0 aromatic carbocycles. The molecule has 0 aliphatic rings. The van der Waals surface area contributed by atoms with Crippen molar-refractivity contribution in [3.8, 4) is 0 Å². The molecule has 6 heavy (non-hydrogen) atoms. The summed E-state index contributed by atoms with van der Waals surface area (Å²) in [4.78, 5) is 0. The minimum atomic E-state index is 0.454. The molecular formula is C3H5BOS. The molecule has 0 aromatic heterocycles. The van der Waals surface area contributed by atoms with Gasteiger partial charge < -0.3 is 4.65 Å². The topological polar surface area (TPSA) is 9.23 Å². The molecule has 3 heteroatoms. The zero-order valence-electron chi connectivity index (χ0n) is 3.60. The van der Waals surface area contributed by atoms with Crippen molar-refractivity contribution in [1.82, 2.24) is 0 Å². The van der Waals surface area contributed by atoms with E-state index in [1.165, 1.54) is 0 Å². The zero-order chi connectivity index (χ0) is 4.99. The van der Waals surface area contributed by atoms with E-state index < -0.39 is 0 Å². The van der Waals surface area contributed by atoms with Crippen LogP contribution in [0.15, 0.2) is 0 Å². The van der Waals surface area contributed by atoms with E-state index in [0.717, 1.165) is 0 Å². The maximum atomic E-state index is 4.64. The van der Waals surface area contributed by atoms with Crippen LogP contribution in [-0.2, 0) is 4.65 Å². The molecule has 32 valence electrons. The van der Waals surface area contributed by atoms with E-state index in [2.05, 4.69) is 24.9 Å². The van der Waals surface area contributed by atoms with Gasteiger partial charge in [0.2, 0.25) is 0 Å². The summed E-state index contributed by atoms with van der Waals surface area (Å²) in [7, 11) is 4.64. The summed E-state index contributed by atoms with van der Waals surface area (Å²) in [5.74, 6) is 0. The molecule has 0 aromatic rings. The Morgan fingerprint density at radius 3 is 2.50 bits per heavy atom. The van der Waals surface area contributed by atoms with Gasteiger partial charge in [0, 0.05) is 6.42 Å². The third-order valence-electron chi connectivity index (χ3n) is 0.420. The summed E-state index contributed by atoms with van der Waals surface area (Å²) < 4.78 is 4.13. The summed E-state index contributed by atoms with van der Waals surface area (Å²) in [5.41, 5.74) is 0. The number of rotatable bonds is 1. The van der Waals surface area contributed by atoms with Gasteiger partial charge in [-0.1, -0.05) is 6.92 Å². The van der Waals surface area contributed by atoms with E-state index in [-0.39, 0.29) is 0 Å². The fourth-order valence-corrected chi connectivity index (χ4v) is 0.0833. The van der Waals surface area contributed by atoms with Crippen molar-refractivity contribution in [2.75, 3.05) is 0 Å². The Kier molecular flexibility index (Phi) is 3.13. The molecule has 2 radical (unpaired) electrons. The molecule has 0 aliphatic carbocycles. The van der Waals surface area contributed by atoms with E-state index >= 15 is 0 Å². The highest BCUT2D eigenvalue weighted by Gasteiger charge is 1.81. The maximum Gasteiger partial charge on any atom is 0.374 e. The molecule has 0 N–H and O–H groups in total. The second-order valence-electron chi connectivity index (χ2n) is 0.843. The van der Waals surface area contributed by atoms with Gasteiger partial charge in [0.15, 0.2) is 0 Å². The number of thiocarbonyl (C=S) groups is 1. The molecule has 0 atom stereocenters. The van der Waals surface area contributed by atoms with Crippen molar-refractivity contribution in [2.45, 2.75) is 13.3 Å². The van der Waals surface area contributed by atoms with Crippen LogP contribution < -0.4 is 0 Å². The Hall–Kier alpha value is -0.0451. The first-order valence-electron chi connectivity index (χ1n) is 1.70. The minimum Gasteiger partial charge on any atom is -0.563 e. The van der Waals surface area contributed by atoms with Crippen LogP contribution in [0.3, 0.4) is 0 Å². The molecule has 1 nitrogen and oxygen atoms in total. The quantitative estimate of drug-likeness (QED) is 0.356. The van der Waals surface area contributed by atoms with Crippen LogP contribution in [-0.4, -0.2) is 13.1 Å². The van der Waals surface area contributed by atoms with E-state index in [0.29, 0.717) is 11.5 Å². The van der Waals surface area contributed by atoms with Gasteiger partial charge in [0.1, 0.15) is 5.05 Å². The third-order valence-corrected chi connectivity index (χ3v) is 0.805. The van der Waals surface area contributed by atoms with E-state index in [1.807, 2.05) is 6.92 Å². The van der Waals surface area contributed by atoms with Gasteiger partial charge in [-0.3, -0.25) is 0 Å². The molecule has 0 saturated heterocycles. The highest BCUT2D eigenvalue weighted by molar-refractivity contribution is 7.80. The van der Waals surface area contributed by atoms with E-state index in [9.17, 15) is 0 Å². The largest absolute Gasteiger partial charge is 0.563 e. The fourth-order valence-electron chi connectivity index (χ4n) is 0.0833. The first-order chi connectivity index (χ1) is 2.81. The Morgan fingerprint density at radius 1 is 2.00 bits per heavy atom. The average molecular weight is 100.0 g/mol. The molecule has 0 bridgehead atoms. The van der Waals surface area contributed by atoms with Gasteiger partial charge in [0.05, 0.1) is 0 Å². The molecule has 0 spiro atoms. The first kappa shape index (κ1) is 5.95. The monoisotopic (exact) mass is 100 g/mol. The van der Waals surface area contributed by atoms with Gasteiger partial charge in [-0.2, -0.15) is 0 Å². The predicted octanol–water partition coefficient (Wildman–Crippen LogP) is 0.824. The lowest BCUT2D eigenvalue weighted by molar-refractivity contribution is 0.612. The Labute approximate surface area is 44.1 Å². The van der Waals surface area contributed by atoms with Crippen LogP contribution >= 0.6 is 12.2 Å². The Balaban J connectivity index is 2.99. The fraction of sp³-hybridized carbons (Fsp3) is 0.667. The first-order valence-corrected chi connectivity index (χ1v) is 2.11. The summed E-state index contributed by atoms with van der Waals surface area (Å²) in [6, 6.07) is 0. The van der Waals surface area contributed by atoms with Gasteiger partial charge in [-0.05, 0) is 12.2 Å². The highest BCUT2D eigenvalue weighted by atomic mass is 32.1. The number of hydrogen-bond acceptors (Lipinski definition) is 2. The van der Waals surface area contributed by atoms with Crippen molar-refractivity contribution in [1.29, 1.82) is 0 Å². The van der Waals surface area contributed by atoms with Crippen LogP contribution in [0.4, 0.5) is 0 Å². The van der Waals surface area contributed by atoms with Crippen molar-refractivity contribution >= 4 is 25.3 Å².